The predicted molar refractivity (Wildman–Crippen MR) is 102 cm³/mol. The first-order chi connectivity index (χ1) is 13.2. The molecule has 0 saturated carbocycles. The summed E-state index contributed by atoms with van der Waals surface area (Å²) in [5, 5.41) is 9.73. The van der Waals surface area contributed by atoms with Crippen LogP contribution < -0.4 is 10.1 Å². The summed E-state index contributed by atoms with van der Waals surface area (Å²) in [6.07, 6.45) is 5.44. The molecule has 0 radical (unpaired) electrons. The summed E-state index contributed by atoms with van der Waals surface area (Å²) in [7, 11) is 1.62. The van der Waals surface area contributed by atoms with Gasteiger partial charge in [-0.1, -0.05) is 12.1 Å². The third-order valence-electron chi connectivity index (χ3n) is 4.43. The van der Waals surface area contributed by atoms with E-state index in [4.69, 9.17) is 4.74 Å². The van der Waals surface area contributed by atoms with Gasteiger partial charge < -0.3 is 10.1 Å². The monoisotopic (exact) mass is 361 g/mol. The number of imidazole rings is 1. The fraction of sp³-hybridized carbons (Fsp3) is 0.150. The van der Waals surface area contributed by atoms with E-state index < -0.39 is 0 Å². The van der Waals surface area contributed by atoms with Crippen LogP contribution in [0.5, 0.6) is 5.75 Å². The molecule has 0 aliphatic heterocycles. The highest BCUT2D eigenvalue weighted by Gasteiger charge is 2.17. The maximum atomic E-state index is 12.8. The molecule has 2 N–H and O–H groups in total. The lowest BCUT2D eigenvalue weighted by Crippen LogP contribution is -2.25. The predicted octanol–water partition coefficient (Wildman–Crippen LogP) is 2.97. The average molecular weight is 361 g/mol. The Morgan fingerprint density at radius 3 is 2.93 bits per heavy atom. The zero-order valence-electron chi connectivity index (χ0n) is 15.1. The molecule has 4 rings (SSSR count). The number of nitrogens with zero attached hydrogens (tertiary/aromatic N) is 3. The number of aromatic amines is 1. The fourth-order valence-corrected chi connectivity index (χ4v) is 3.07. The van der Waals surface area contributed by atoms with E-state index >= 15 is 0 Å². The van der Waals surface area contributed by atoms with Crippen LogP contribution in [0.25, 0.3) is 16.8 Å². The maximum Gasteiger partial charge on any atom is 0.270 e. The number of methoxy groups -OCH3 is 1. The Morgan fingerprint density at radius 1 is 1.26 bits per heavy atom. The molecule has 27 heavy (non-hydrogen) atoms. The molecule has 1 amide bonds. The van der Waals surface area contributed by atoms with E-state index in [1.54, 1.807) is 17.7 Å². The minimum atomic E-state index is -0.168. The van der Waals surface area contributed by atoms with Crippen molar-refractivity contribution in [2.75, 3.05) is 7.11 Å². The van der Waals surface area contributed by atoms with Crippen molar-refractivity contribution in [3.8, 4) is 16.9 Å². The zero-order valence-corrected chi connectivity index (χ0v) is 15.1. The first-order valence-corrected chi connectivity index (χ1v) is 8.54. The summed E-state index contributed by atoms with van der Waals surface area (Å²) >= 11 is 0. The normalized spacial score (nSPS) is 10.9. The number of hydrogen-bond acceptors (Lipinski definition) is 4. The summed E-state index contributed by atoms with van der Waals surface area (Å²) < 4.78 is 7.02. The lowest BCUT2D eigenvalue weighted by atomic mass is 10.1. The smallest absolute Gasteiger partial charge is 0.270 e. The number of H-pyrrole nitrogens is 1. The lowest BCUT2D eigenvalue weighted by molar-refractivity contribution is 0.0944. The van der Waals surface area contributed by atoms with Crippen molar-refractivity contribution in [1.29, 1.82) is 0 Å². The standard InChI is InChI=1S/C20H19N5O2/c1-13-19(20(26)21-10-14-4-3-5-17(8-14)27-2)25-7-6-15(9-18(25)24-13)16-11-22-23-12-16/h3-9,11-12H,10H2,1-2H3,(H,21,26)(H,22,23). The number of aromatic nitrogens is 4. The second-order valence-corrected chi connectivity index (χ2v) is 6.21. The van der Waals surface area contributed by atoms with Gasteiger partial charge in [0.25, 0.3) is 5.91 Å². The maximum absolute atomic E-state index is 12.8. The van der Waals surface area contributed by atoms with Gasteiger partial charge in [-0.3, -0.25) is 14.3 Å². The molecule has 0 saturated heterocycles. The minimum absolute atomic E-state index is 0.168. The molecular weight excluding hydrogens is 342 g/mol. The van der Waals surface area contributed by atoms with E-state index in [1.807, 2.05) is 55.7 Å². The number of fused-ring (bicyclic) bond motifs is 1. The lowest BCUT2D eigenvalue weighted by Gasteiger charge is -2.08. The van der Waals surface area contributed by atoms with Crippen LogP contribution in [0.2, 0.25) is 0 Å². The van der Waals surface area contributed by atoms with Crippen molar-refractivity contribution in [2.24, 2.45) is 0 Å². The highest BCUT2D eigenvalue weighted by Crippen LogP contribution is 2.21. The quantitative estimate of drug-likeness (QED) is 0.572. The molecule has 3 heterocycles. The van der Waals surface area contributed by atoms with Gasteiger partial charge in [0, 0.05) is 24.5 Å². The number of carbonyl (C=O) groups is 1. The largest absolute Gasteiger partial charge is 0.497 e. The van der Waals surface area contributed by atoms with E-state index in [2.05, 4.69) is 20.5 Å². The number of nitrogens with one attached hydrogen (secondary N) is 2. The molecule has 0 unspecified atom stereocenters. The van der Waals surface area contributed by atoms with Crippen molar-refractivity contribution >= 4 is 11.6 Å². The third kappa shape index (κ3) is 3.27. The fourth-order valence-electron chi connectivity index (χ4n) is 3.07. The van der Waals surface area contributed by atoms with Gasteiger partial charge in [0.05, 0.1) is 19.0 Å². The second-order valence-electron chi connectivity index (χ2n) is 6.21. The Labute approximate surface area is 156 Å². The molecule has 7 nitrogen and oxygen atoms in total. The summed E-state index contributed by atoms with van der Waals surface area (Å²) in [4.78, 5) is 17.3. The van der Waals surface area contributed by atoms with Gasteiger partial charge in [0.1, 0.15) is 17.1 Å². The van der Waals surface area contributed by atoms with Gasteiger partial charge >= 0.3 is 0 Å². The van der Waals surface area contributed by atoms with Gasteiger partial charge in [-0.05, 0) is 42.3 Å². The van der Waals surface area contributed by atoms with Crippen LogP contribution in [-0.2, 0) is 6.54 Å². The van der Waals surface area contributed by atoms with Gasteiger partial charge in [0.2, 0.25) is 0 Å². The van der Waals surface area contributed by atoms with Gasteiger partial charge in [-0.15, -0.1) is 0 Å². The number of benzene rings is 1. The molecule has 136 valence electrons. The number of amides is 1. The second kappa shape index (κ2) is 6.95. The Balaban J connectivity index is 1.58. The van der Waals surface area contributed by atoms with Crippen LogP contribution in [0.3, 0.4) is 0 Å². The Hall–Kier alpha value is -3.61. The molecule has 7 heteroatoms. The number of rotatable bonds is 5. The highest BCUT2D eigenvalue weighted by molar-refractivity contribution is 5.94. The first-order valence-electron chi connectivity index (χ1n) is 8.54. The molecule has 4 aromatic rings. The van der Waals surface area contributed by atoms with E-state index in [0.717, 1.165) is 28.1 Å². The zero-order chi connectivity index (χ0) is 18.8. The molecule has 0 aliphatic rings. The van der Waals surface area contributed by atoms with Crippen molar-refractivity contribution < 1.29 is 9.53 Å². The van der Waals surface area contributed by atoms with Crippen molar-refractivity contribution in [3.63, 3.8) is 0 Å². The van der Waals surface area contributed by atoms with Crippen LogP contribution in [0.4, 0.5) is 0 Å². The van der Waals surface area contributed by atoms with Crippen molar-refractivity contribution in [2.45, 2.75) is 13.5 Å². The van der Waals surface area contributed by atoms with Crippen LogP contribution >= 0.6 is 0 Å². The summed E-state index contributed by atoms with van der Waals surface area (Å²) in [6, 6.07) is 11.5. The van der Waals surface area contributed by atoms with Crippen LogP contribution in [0.1, 0.15) is 21.7 Å². The topological polar surface area (TPSA) is 84.3 Å². The van der Waals surface area contributed by atoms with Crippen LogP contribution in [-0.4, -0.2) is 32.6 Å². The average Bonchev–Trinajstić information content (AvgIpc) is 3.33. The van der Waals surface area contributed by atoms with Crippen molar-refractivity contribution in [1.82, 2.24) is 24.9 Å². The molecule has 0 aliphatic carbocycles. The summed E-state index contributed by atoms with van der Waals surface area (Å²) in [5.74, 6) is 0.596. The Morgan fingerprint density at radius 2 is 2.15 bits per heavy atom. The molecule has 0 fully saturated rings. The van der Waals surface area contributed by atoms with Crippen molar-refractivity contribution in [3.05, 3.63) is 71.9 Å². The molecule has 0 spiro atoms. The van der Waals surface area contributed by atoms with Gasteiger partial charge in [-0.2, -0.15) is 5.10 Å². The number of ether oxygens (including phenoxy) is 1. The van der Waals surface area contributed by atoms with Gasteiger partial charge in [0.15, 0.2) is 0 Å². The van der Waals surface area contributed by atoms with Gasteiger partial charge in [-0.25, -0.2) is 4.98 Å². The highest BCUT2D eigenvalue weighted by atomic mass is 16.5. The third-order valence-corrected chi connectivity index (χ3v) is 4.43. The number of pyridine rings is 1. The summed E-state index contributed by atoms with van der Waals surface area (Å²) in [5.41, 5.74) is 4.87. The SMILES string of the molecule is COc1cccc(CNC(=O)c2c(C)nc3cc(-c4cn[nH]c4)ccn23)c1. The molecule has 0 bridgehead atoms. The Kier molecular flexibility index (Phi) is 4.33. The van der Waals surface area contributed by atoms with E-state index in [-0.39, 0.29) is 5.91 Å². The van der Waals surface area contributed by atoms with Crippen LogP contribution in [0, 0.1) is 6.92 Å². The van der Waals surface area contributed by atoms with E-state index in [1.165, 1.54) is 0 Å². The molecule has 1 aromatic carbocycles. The van der Waals surface area contributed by atoms with E-state index in [9.17, 15) is 4.79 Å². The minimum Gasteiger partial charge on any atom is -0.497 e. The Bertz CT molecular complexity index is 1100. The molecule has 3 aromatic heterocycles. The summed E-state index contributed by atoms with van der Waals surface area (Å²) in [6.45, 7) is 2.25. The molecular formula is C20H19N5O2. The number of aryl methyl sites for hydroxylation is 1. The first kappa shape index (κ1) is 16.8. The number of carbonyl (C=O) groups excluding carboxylic acids is 1. The molecule has 0 atom stereocenters. The van der Waals surface area contributed by atoms with Crippen LogP contribution in [0.15, 0.2) is 55.0 Å². The van der Waals surface area contributed by atoms with E-state index in [0.29, 0.717) is 17.9 Å². The number of hydrogen-bond donors (Lipinski definition) is 2.